The van der Waals surface area contributed by atoms with Crippen molar-refractivity contribution in [2.45, 2.75) is 50.2 Å². The molecular formula is C24H29N3O3S. The van der Waals surface area contributed by atoms with E-state index in [0.717, 1.165) is 55.2 Å². The van der Waals surface area contributed by atoms with Crippen molar-refractivity contribution < 1.29 is 12.9 Å². The van der Waals surface area contributed by atoms with Crippen LogP contribution in [0.4, 0.5) is 0 Å². The van der Waals surface area contributed by atoms with Crippen molar-refractivity contribution in [3.63, 3.8) is 0 Å². The van der Waals surface area contributed by atoms with Crippen LogP contribution in [-0.2, 0) is 22.1 Å². The van der Waals surface area contributed by atoms with E-state index in [1.54, 1.807) is 20.0 Å². The first kappa shape index (κ1) is 21.7. The van der Waals surface area contributed by atoms with E-state index in [4.69, 9.17) is 4.52 Å². The average molecular weight is 440 g/mol. The van der Waals surface area contributed by atoms with E-state index >= 15 is 0 Å². The number of benzene rings is 1. The molecule has 0 bridgehead atoms. The molecule has 0 amide bonds. The number of likely N-dealkylation sites (tertiary alicyclic amines) is 1. The third-order valence-corrected chi connectivity index (χ3v) is 8.13. The number of rotatable bonds is 7. The molecule has 2 aromatic heterocycles. The predicted molar refractivity (Wildman–Crippen MR) is 121 cm³/mol. The molecule has 1 aliphatic rings. The normalized spacial score (nSPS) is 16.1. The summed E-state index contributed by atoms with van der Waals surface area (Å²) in [7, 11) is -3.09. The molecule has 0 unspecified atom stereocenters. The molecule has 7 heteroatoms. The van der Waals surface area contributed by atoms with Crippen molar-refractivity contribution in [2.24, 2.45) is 0 Å². The number of hydrogen-bond donors (Lipinski definition) is 0. The molecule has 0 spiro atoms. The molecule has 0 N–H and O–H groups in total. The SMILES string of the molecule is CC(C)S(=O)(=O)Cc1cccc(C2CCN(Cc3cc(-c4ccccn4)no3)CC2)c1. The summed E-state index contributed by atoms with van der Waals surface area (Å²) in [5.74, 6) is 1.42. The third-order valence-electron chi connectivity index (χ3n) is 5.96. The summed E-state index contributed by atoms with van der Waals surface area (Å²) in [6.45, 7) is 6.16. The van der Waals surface area contributed by atoms with Gasteiger partial charge in [-0.15, -0.1) is 0 Å². The standard InChI is InChI=1S/C24H29N3O3S/c1-18(2)31(28,29)17-19-6-5-7-21(14-19)20-9-12-27(13-10-20)16-22-15-24(26-30-22)23-8-3-4-11-25-23/h3-8,11,14-15,18,20H,9-10,12-13,16-17H2,1-2H3. The highest BCUT2D eigenvalue weighted by Crippen LogP contribution is 2.30. The largest absolute Gasteiger partial charge is 0.359 e. The number of sulfone groups is 1. The molecule has 0 atom stereocenters. The van der Waals surface area contributed by atoms with E-state index in [1.165, 1.54) is 5.56 Å². The summed E-state index contributed by atoms with van der Waals surface area (Å²) < 4.78 is 30.1. The Kier molecular flexibility index (Phi) is 6.53. The number of piperidine rings is 1. The lowest BCUT2D eigenvalue weighted by atomic mass is 9.88. The second-order valence-corrected chi connectivity index (χ2v) is 11.1. The van der Waals surface area contributed by atoms with Gasteiger partial charge in [-0.25, -0.2) is 8.42 Å². The fourth-order valence-electron chi connectivity index (χ4n) is 4.00. The lowest BCUT2D eigenvalue weighted by Crippen LogP contribution is -2.32. The molecule has 1 aliphatic heterocycles. The third kappa shape index (κ3) is 5.40. The molecule has 0 aliphatic carbocycles. The summed E-state index contributed by atoms with van der Waals surface area (Å²) in [5, 5.41) is 3.80. The van der Waals surface area contributed by atoms with Gasteiger partial charge in [-0.1, -0.05) is 35.5 Å². The highest BCUT2D eigenvalue weighted by Gasteiger charge is 2.23. The van der Waals surface area contributed by atoms with E-state index in [1.807, 2.05) is 36.4 Å². The molecule has 6 nitrogen and oxygen atoms in total. The molecule has 31 heavy (non-hydrogen) atoms. The molecule has 1 fully saturated rings. The van der Waals surface area contributed by atoms with Crippen molar-refractivity contribution >= 4 is 9.84 Å². The van der Waals surface area contributed by atoms with Gasteiger partial charge in [-0.05, 0) is 69.0 Å². The van der Waals surface area contributed by atoms with Crippen molar-refractivity contribution in [1.82, 2.24) is 15.0 Å². The van der Waals surface area contributed by atoms with E-state index in [-0.39, 0.29) is 11.0 Å². The van der Waals surface area contributed by atoms with Crippen LogP contribution in [0.5, 0.6) is 0 Å². The molecule has 0 radical (unpaired) electrons. The number of aromatic nitrogens is 2. The molecule has 4 rings (SSSR count). The van der Waals surface area contributed by atoms with Crippen LogP contribution in [0.3, 0.4) is 0 Å². The number of pyridine rings is 1. The van der Waals surface area contributed by atoms with Gasteiger partial charge in [0.15, 0.2) is 15.6 Å². The van der Waals surface area contributed by atoms with Crippen LogP contribution in [-0.4, -0.2) is 41.8 Å². The smallest absolute Gasteiger partial charge is 0.156 e. The minimum absolute atomic E-state index is 0.113. The Hall–Kier alpha value is -2.51. The Morgan fingerprint density at radius 1 is 1.06 bits per heavy atom. The van der Waals surface area contributed by atoms with Gasteiger partial charge in [0, 0.05) is 12.3 Å². The summed E-state index contributed by atoms with van der Waals surface area (Å²) >= 11 is 0. The zero-order chi connectivity index (χ0) is 21.8. The lowest BCUT2D eigenvalue weighted by Gasteiger charge is -2.31. The van der Waals surface area contributed by atoms with E-state index in [9.17, 15) is 8.42 Å². The molecule has 3 aromatic rings. The quantitative estimate of drug-likeness (QED) is 0.542. The van der Waals surface area contributed by atoms with Crippen molar-refractivity contribution in [3.05, 3.63) is 71.6 Å². The minimum atomic E-state index is -3.09. The topological polar surface area (TPSA) is 76.3 Å². The Morgan fingerprint density at radius 3 is 2.58 bits per heavy atom. The molecule has 3 heterocycles. The van der Waals surface area contributed by atoms with E-state index < -0.39 is 9.84 Å². The van der Waals surface area contributed by atoms with Gasteiger partial charge in [0.1, 0.15) is 5.69 Å². The van der Waals surface area contributed by atoms with Gasteiger partial charge in [0.25, 0.3) is 0 Å². The molecular weight excluding hydrogens is 410 g/mol. The van der Waals surface area contributed by atoms with Crippen LogP contribution in [0.15, 0.2) is 59.3 Å². The zero-order valence-electron chi connectivity index (χ0n) is 18.1. The van der Waals surface area contributed by atoms with Crippen LogP contribution in [0, 0.1) is 0 Å². The predicted octanol–water partition coefficient (Wildman–Crippen LogP) is 4.44. The molecule has 164 valence electrons. The first-order valence-electron chi connectivity index (χ1n) is 10.8. The van der Waals surface area contributed by atoms with Gasteiger partial charge >= 0.3 is 0 Å². The van der Waals surface area contributed by atoms with Gasteiger partial charge in [0.2, 0.25) is 0 Å². The maximum absolute atomic E-state index is 12.3. The second-order valence-electron chi connectivity index (χ2n) is 8.54. The first-order valence-corrected chi connectivity index (χ1v) is 12.5. The maximum atomic E-state index is 12.3. The van der Waals surface area contributed by atoms with Gasteiger partial charge in [0.05, 0.1) is 23.2 Å². The van der Waals surface area contributed by atoms with Crippen molar-refractivity contribution in [1.29, 1.82) is 0 Å². The van der Waals surface area contributed by atoms with Crippen LogP contribution >= 0.6 is 0 Å². The summed E-state index contributed by atoms with van der Waals surface area (Å²) in [6, 6.07) is 15.8. The number of hydrogen-bond acceptors (Lipinski definition) is 6. The van der Waals surface area contributed by atoms with E-state index in [2.05, 4.69) is 27.2 Å². The molecule has 1 aromatic carbocycles. The van der Waals surface area contributed by atoms with E-state index in [0.29, 0.717) is 5.92 Å². The van der Waals surface area contributed by atoms with Crippen molar-refractivity contribution in [3.8, 4) is 11.4 Å². The molecule has 0 saturated carbocycles. The Balaban J connectivity index is 1.34. The fourth-order valence-corrected chi connectivity index (χ4v) is 4.98. The highest BCUT2D eigenvalue weighted by molar-refractivity contribution is 7.91. The summed E-state index contributed by atoms with van der Waals surface area (Å²) in [4.78, 5) is 6.70. The average Bonchev–Trinajstić information content (AvgIpc) is 3.23. The second kappa shape index (κ2) is 9.32. The van der Waals surface area contributed by atoms with Crippen LogP contribution in [0.2, 0.25) is 0 Å². The van der Waals surface area contributed by atoms with Crippen molar-refractivity contribution in [2.75, 3.05) is 13.1 Å². The Bertz CT molecular complexity index is 1100. The zero-order valence-corrected chi connectivity index (χ0v) is 18.9. The Labute approximate surface area is 184 Å². The van der Waals surface area contributed by atoms with Gasteiger partial charge in [-0.2, -0.15) is 0 Å². The Morgan fingerprint density at radius 2 is 1.87 bits per heavy atom. The van der Waals surface area contributed by atoms with Gasteiger partial charge < -0.3 is 4.52 Å². The monoisotopic (exact) mass is 439 g/mol. The highest BCUT2D eigenvalue weighted by atomic mass is 32.2. The van der Waals surface area contributed by atoms with Crippen LogP contribution < -0.4 is 0 Å². The first-order chi connectivity index (χ1) is 14.9. The number of nitrogens with zero attached hydrogens (tertiary/aromatic N) is 3. The van der Waals surface area contributed by atoms with Gasteiger partial charge in [-0.3, -0.25) is 9.88 Å². The lowest BCUT2D eigenvalue weighted by molar-refractivity contribution is 0.184. The fraction of sp³-hybridized carbons (Fsp3) is 0.417. The summed E-state index contributed by atoms with van der Waals surface area (Å²) in [5.41, 5.74) is 3.71. The summed E-state index contributed by atoms with van der Waals surface area (Å²) in [6.07, 6.45) is 3.84. The minimum Gasteiger partial charge on any atom is -0.359 e. The van der Waals surface area contributed by atoms with Crippen LogP contribution in [0.1, 0.15) is 49.5 Å². The molecule has 1 saturated heterocycles. The van der Waals surface area contributed by atoms with Crippen LogP contribution in [0.25, 0.3) is 11.4 Å². The maximum Gasteiger partial charge on any atom is 0.156 e.